The van der Waals surface area contributed by atoms with Crippen LogP contribution in [0.25, 0.3) is 0 Å². The van der Waals surface area contributed by atoms with Gasteiger partial charge in [-0.1, -0.05) is 24.0 Å². The number of aliphatic hydroxyl groups is 1. The maximum absolute atomic E-state index is 8.87. The van der Waals surface area contributed by atoms with Gasteiger partial charge < -0.3 is 10.4 Å². The van der Waals surface area contributed by atoms with Gasteiger partial charge in [-0.15, -0.1) is 0 Å². The summed E-state index contributed by atoms with van der Waals surface area (Å²) in [6, 6.07) is 0. The van der Waals surface area contributed by atoms with Crippen molar-refractivity contribution < 1.29 is 5.11 Å². The molecule has 0 aromatic carbocycles. The normalized spacial score (nSPS) is 29.6. The largest absolute Gasteiger partial charge is 0.374 e. The Bertz CT molecular complexity index is 106. The SMILES string of the molecule is OC1CCSC(=S)N1. The molecule has 0 spiro atoms. The molecule has 1 rings (SSSR count). The molecule has 46 valence electrons. The van der Waals surface area contributed by atoms with Crippen LogP contribution in [0.2, 0.25) is 0 Å². The zero-order valence-corrected chi connectivity index (χ0v) is 5.89. The predicted molar refractivity (Wildman–Crippen MR) is 38.8 cm³/mol. The molecule has 0 aliphatic carbocycles. The van der Waals surface area contributed by atoms with Crippen LogP contribution in [0.3, 0.4) is 0 Å². The van der Waals surface area contributed by atoms with Crippen molar-refractivity contribution in [1.29, 1.82) is 0 Å². The van der Waals surface area contributed by atoms with Gasteiger partial charge in [0, 0.05) is 12.2 Å². The van der Waals surface area contributed by atoms with Crippen molar-refractivity contribution in [3.05, 3.63) is 0 Å². The maximum Gasteiger partial charge on any atom is 0.135 e. The fourth-order valence-electron chi connectivity index (χ4n) is 0.513. The lowest BCUT2D eigenvalue weighted by molar-refractivity contribution is 0.157. The predicted octanol–water partition coefficient (Wildman–Crippen LogP) is 0.316. The van der Waals surface area contributed by atoms with Gasteiger partial charge in [-0.3, -0.25) is 0 Å². The number of thioether (sulfide) groups is 1. The van der Waals surface area contributed by atoms with E-state index < -0.39 is 6.23 Å². The van der Waals surface area contributed by atoms with Gasteiger partial charge in [0.25, 0.3) is 0 Å². The Morgan fingerprint density at radius 1 is 1.88 bits per heavy atom. The third-order valence-corrected chi connectivity index (χ3v) is 2.20. The van der Waals surface area contributed by atoms with Crippen LogP contribution in [0.4, 0.5) is 0 Å². The van der Waals surface area contributed by atoms with Crippen LogP contribution in [0.15, 0.2) is 0 Å². The highest BCUT2D eigenvalue weighted by Crippen LogP contribution is 2.11. The molecule has 0 aromatic heterocycles. The Morgan fingerprint density at radius 2 is 2.62 bits per heavy atom. The average Bonchev–Trinajstić information content (AvgIpc) is 1.64. The topological polar surface area (TPSA) is 32.3 Å². The van der Waals surface area contributed by atoms with Gasteiger partial charge in [0.15, 0.2) is 0 Å². The summed E-state index contributed by atoms with van der Waals surface area (Å²) in [5.74, 6) is 0.938. The summed E-state index contributed by atoms with van der Waals surface area (Å²) < 4.78 is 0.712. The molecule has 8 heavy (non-hydrogen) atoms. The van der Waals surface area contributed by atoms with E-state index >= 15 is 0 Å². The van der Waals surface area contributed by atoms with Crippen LogP contribution >= 0.6 is 24.0 Å². The molecule has 0 saturated carbocycles. The fourth-order valence-corrected chi connectivity index (χ4v) is 1.65. The van der Waals surface area contributed by atoms with Crippen LogP contribution in [0.5, 0.6) is 0 Å². The highest BCUT2D eigenvalue weighted by molar-refractivity contribution is 8.23. The standard InChI is InChI=1S/C4H7NOS2/c6-3-1-2-8-4(7)5-3/h3,6H,1-2H2,(H,5,7). The van der Waals surface area contributed by atoms with Crippen molar-refractivity contribution >= 4 is 28.3 Å². The minimum absolute atomic E-state index is 0.399. The molecule has 2 nitrogen and oxygen atoms in total. The minimum atomic E-state index is -0.399. The van der Waals surface area contributed by atoms with Crippen LogP contribution in [0, 0.1) is 0 Å². The van der Waals surface area contributed by atoms with E-state index in [1.807, 2.05) is 0 Å². The molecule has 2 N–H and O–H groups in total. The summed E-state index contributed by atoms with van der Waals surface area (Å²) in [7, 11) is 0. The van der Waals surface area contributed by atoms with E-state index in [1.54, 1.807) is 11.8 Å². The Hall–Kier alpha value is 0.200. The van der Waals surface area contributed by atoms with Crippen LogP contribution in [0.1, 0.15) is 6.42 Å². The van der Waals surface area contributed by atoms with Crippen LogP contribution < -0.4 is 5.32 Å². The lowest BCUT2D eigenvalue weighted by Gasteiger charge is -2.18. The van der Waals surface area contributed by atoms with Crippen molar-refractivity contribution in [3.8, 4) is 0 Å². The average molecular weight is 149 g/mol. The van der Waals surface area contributed by atoms with Gasteiger partial charge in [-0.2, -0.15) is 0 Å². The monoisotopic (exact) mass is 149 g/mol. The lowest BCUT2D eigenvalue weighted by Crippen LogP contribution is -2.36. The third-order valence-electron chi connectivity index (χ3n) is 0.909. The first kappa shape index (κ1) is 6.32. The van der Waals surface area contributed by atoms with Gasteiger partial charge in [0.1, 0.15) is 10.5 Å². The molecule has 0 amide bonds. The highest BCUT2D eigenvalue weighted by Gasteiger charge is 2.11. The fraction of sp³-hybridized carbons (Fsp3) is 0.750. The van der Waals surface area contributed by atoms with E-state index in [4.69, 9.17) is 17.3 Å². The van der Waals surface area contributed by atoms with E-state index in [-0.39, 0.29) is 0 Å². The second-order valence-corrected chi connectivity index (χ2v) is 3.36. The Morgan fingerprint density at radius 3 is 3.00 bits per heavy atom. The van der Waals surface area contributed by atoms with Gasteiger partial charge >= 0.3 is 0 Å². The summed E-state index contributed by atoms with van der Waals surface area (Å²) in [6.45, 7) is 0. The number of nitrogens with one attached hydrogen (secondary N) is 1. The van der Waals surface area contributed by atoms with Crippen molar-refractivity contribution in [3.63, 3.8) is 0 Å². The smallest absolute Gasteiger partial charge is 0.135 e. The number of rotatable bonds is 0. The van der Waals surface area contributed by atoms with Crippen molar-refractivity contribution in [2.75, 3.05) is 5.75 Å². The summed E-state index contributed by atoms with van der Waals surface area (Å²) in [4.78, 5) is 0. The summed E-state index contributed by atoms with van der Waals surface area (Å²) >= 11 is 6.36. The van der Waals surface area contributed by atoms with Crippen LogP contribution in [-0.2, 0) is 0 Å². The Labute approximate surface area is 57.7 Å². The molecule has 0 aromatic rings. The molecule has 0 radical (unpaired) electrons. The van der Waals surface area contributed by atoms with Gasteiger partial charge in [-0.25, -0.2) is 0 Å². The summed E-state index contributed by atoms with van der Waals surface area (Å²) in [5, 5.41) is 11.6. The minimum Gasteiger partial charge on any atom is -0.374 e. The van der Waals surface area contributed by atoms with Crippen molar-refractivity contribution in [1.82, 2.24) is 5.32 Å². The second-order valence-electron chi connectivity index (χ2n) is 1.58. The van der Waals surface area contributed by atoms with E-state index in [0.29, 0.717) is 4.32 Å². The molecule has 4 heteroatoms. The van der Waals surface area contributed by atoms with Crippen molar-refractivity contribution in [2.45, 2.75) is 12.6 Å². The molecule has 1 aliphatic rings. The maximum atomic E-state index is 8.87. The van der Waals surface area contributed by atoms with Gasteiger partial charge in [-0.05, 0) is 0 Å². The molecule has 1 fully saturated rings. The van der Waals surface area contributed by atoms with Crippen molar-refractivity contribution in [2.24, 2.45) is 0 Å². The van der Waals surface area contributed by atoms with Crippen LogP contribution in [-0.4, -0.2) is 21.4 Å². The molecule has 0 bridgehead atoms. The van der Waals surface area contributed by atoms with Gasteiger partial charge in [0.05, 0.1) is 0 Å². The zero-order valence-electron chi connectivity index (χ0n) is 4.26. The molecule has 1 unspecified atom stereocenters. The number of thiocarbonyl (C=S) groups is 1. The first-order valence-electron chi connectivity index (χ1n) is 2.40. The summed E-state index contributed by atoms with van der Waals surface area (Å²) in [6.07, 6.45) is 0.397. The third kappa shape index (κ3) is 1.61. The Kier molecular flexibility index (Phi) is 2.10. The zero-order chi connectivity index (χ0) is 5.98. The van der Waals surface area contributed by atoms with E-state index in [1.165, 1.54) is 0 Å². The molecule has 1 atom stereocenters. The second kappa shape index (κ2) is 2.66. The Balaban J connectivity index is 2.34. The molecular formula is C4H7NOS2. The molecule has 1 heterocycles. The van der Waals surface area contributed by atoms with E-state index in [0.717, 1.165) is 12.2 Å². The first-order chi connectivity index (χ1) is 3.79. The van der Waals surface area contributed by atoms with E-state index in [2.05, 4.69) is 5.32 Å². The number of aliphatic hydroxyl groups excluding tert-OH is 1. The first-order valence-corrected chi connectivity index (χ1v) is 3.80. The van der Waals surface area contributed by atoms with Gasteiger partial charge in [0.2, 0.25) is 0 Å². The molecular weight excluding hydrogens is 142 g/mol. The quantitative estimate of drug-likeness (QED) is 0.486. The number of hydrogen-bond donors (Lipinski definition) is 2. The molecule has 1 aliphatic heterocycles. The highest BCUT2D eigenvalue weighted by atomic mass is 32.2. The number of hydrogen-bond acceptors (Lipinski definition) is 3. The lowest BCUT2D eigenvalue weighted by atomic mass is 10.4. The van der Waals surface area contributed by atoms with E-state index in [9.17, 15) is 0 Å². The molecule has 1 saturated heterocycles. The summed E-state index contributed by atoms with van der Waals surface area (Å²) in [5.41, 5.74) is 0.